The minimum atomic E-state index is -0.927. The molecule has 0 fully saturated rings. The van der Waals surface area contributed by atoms with Crippen LogP contribution in [-0.4, -0.2) is 22.0 Å². The van der Waals surface area contributed by atoms with Gasteiger partial charge in [0.25, 0.3) is 0 Å². The van der Waals surface area contributed by atoms with Gasteiger partial charge in [-0.05, 0) is 31.2 Å². The molecule has 0 aliphatic rings. The maximum Gasteiger partial charge on any atom is 0.308 e. The van der Waals surface area contributed by atoms with Gasteiger partial charge < -0.3 is 10.4 Å². The summed E-state index contributed by atoms with van der Waals surface area (Å²) in [4.78, 5) is 27.4. The normalized spacial score (nSPS) is 10.4. The fraction of sp³-hybridized carbons (Fsp3) is 0.214. The zero-order valence-corrected chi connectivity index (χ0v) is 12.0. The van der Waals surface area contributed by atoms with Gasteiger partial charge in [-0.15, -0.1) is 11.3 Å². The monoisotopic (exact) mass is 308 g/mol. The first-order valence-corrected chi connectivity index (χ1v) is 6.98. The zero-order valence-electron chi connectivity index (χ0n) is 11.2. The van der Waals surface area contributed by atoms with Crippen molar-refractivity contribution >= 4 is 28.9 Å². The first kappa shape index (κ1) is 15.1. The van der Waals surface area contributed by atoms with Gasteiger partial charge in [-0.2, -0.15) is 0 Å². The largest absolute Gasteiger partial charge is 0.481 e. The van der Waals surface area contributed by atoms with Gasteiger partial charge in [0.05, 0.1) is 18.5 Å². The SMILES string of the molecule is Cc1nc(CC(=O)Nc2ccc(F)cc2)sc1CC(=O)O. The van der Waals surface area contributed by atoms with Crippen LogP contribution in [0, 0.1) is 12.7 Å². The fourth-order valence-corrected chi connectivity index (χ4v) is 2.80. The molecule has 1 aromatic heterocycles. The second-order valence-corrected chi connectivity index (χ2v) is 5.59. The standard InChI is InChI=1S/C14H13FN2O3S/c1-8-11(6-14(19)20)21-13(16-8)7-12(18)17-10-4-2-9(15)3-5-10/h2-5H,6-7H2,1H3,(H,17,18)(H,19,20). The molecule has 0 radical (unpaired) electrons. The number of aromatic nitrogens is 1. The summed E-state index contributed by atoms with van der Waals surface area (Å²) < 4.78 is 12.8. The Balaban J connectivity index is 1.99. The quantitative estimate of drug-likeness (QED) is 0.889. The van der Waals surface area contributed by atoms with E-state index in [2.05, 4.69) is 10.3 Å². The highest BCUT2D eigenvalue weighted by molar-refractivity contribution is 7.12. The number of halogens is 1. The number of rotatable bonds is 5. The molecule has 0 unspecified atom stereocenters. The lowest BCUT2D eigenvalue weighted by Crippen LogP contribution is -2.14. The Kier molecular flexibility index (Phi) is 4.64. The van der Waals surface area contributed by atoms with Gasteiger partial charge >= 0.3 is 5.97 Å². The second kappa shape index (κ2) is 6.45. The van der Waals surface area contributed by atoms with E-state index in [1.807, 2.05) is 0 Å². The van der Waals surface area contributed by atoms with Crippen LogP contribution in [0.4, 0.5) is 10.1 Å². The zero-order chi connectivity index (χ0) is 15.4. The van der Waals surface area contributed by atoms with Gasteiger partial charge in [0, 0.05) is 10.6 Å². The van der Waals surface area contributed by atoms with Crippen molar-refractivity contribution in [2.75, 3.05) is 5.32 Å². The molecule has 1 amide bonds. The molecule has 2 aromatic rings. The van der Waals surface area contributed by atoms with Crippen molar-refractivity contribution in [2.24, 2.45) is 0 Å². The second-order valence-electron chi connectivity index (χ2n) is 4.42. The summed E-state index contributed by atoms with van der Waals surface area (Å²) in [6.07, 6.45) is -0.0361. The molecule has 2 rings (SSSR count). The van der Waals surface area contributed by atoms with Crippen molar-refractivity contribution < 1.29 is 19.1 Å². The van der Waals surface area contributed by atoms with Crippen molar-refractivity contribution in [3.05, 3.63) is 45.7 Å². The van der Waals surface area contributed by atoms with Crippen LogP contribution >= 0.6 is 11.3 Å². The number of thiazole rings is 1. The van der Waals surface area contributed by atoms with Crippen molar-refractivity contribution in [1.82, 2.24) is 4.98 Å². The lowest BCUT2D eigenvalue weighted by Gasteiger charge is -2.03. The number of nitrogens with zero attached hydrogens (tertiary/aromatic N) is 1. The van der Waals surface area contributed by atoms with Gasteiger partial charge in [-0.25, -0.2) is 9.37 Å². The van der Waals surface area contributed by atoms with Crippen LogP contribution in [0.3, 0.4) is 0 Å². The summed E-state index contributed by atoms with van der Waals surface area (Å²) in [7, 11) is 0. The third-order valence-electron chi connectivity index (χ3n) is 2.69. The molecule has 0 saturated heterocycles. The minimum absolute atomic E-state index is 0.0580. The van der Waals surface area contributed by atoms with Crippen molar-refractivity contribution in [1.29, 1.82) is 0 Å². The van der Waals surface area contributed by atoms with E-state index in [9.17, 15) is 14.0 Å². The van der Waals surface area contributed by atoms with Crippen LogP contribution < -0.4 is 5.32 Å². The van der Waals surface area contributed by atoms with Crippen LogP contribution in [0.5, 0.6) is 0 Å². The Morgan fingerprint density at radius 1 is 1.29 bits per heavy atom. The highest BCUT2D eigenvalue weighted by atomic mass is 32.1. The molecule has 0 atom stereocenters. The van der Waals surface area contributed by atoms with Crippen molar-refractivity contribution in [3.63, 3.8) is 0 Å². The maximum atomic E-state index is 12.8. The van der Waals surface area contributed by atoms with E-state index in [1.165, 1.54) is 35.6 Å². The minimum Gasteiger partial charge on any atom is -0.481 e. The molecule has 5 nitrogen and oxygen atoms in total. The smallest absolute Gasteiger partial charge is 0.308 e. The molecule has 0 spiro atoms. The highest BCUT2D eigenvalue weighted by Crippen LogP contribution is 2.19. The van der Waals surface area contributed by atoms with Crippen LogP contribution in [-0.2, 0) is 22.4 Å². The van der Waals surface area contributed by atoms with E-state index in [-0.39, 0.29) is 24.6 Å². The van der Waals surface area contributed by atoms with Crippen LogP contribution in [0.15, 0.2) is 24.3 Å². The molecule has 0 aliphatic heterocycles. The van der Waals surface area contributed by atoms with Crippen LogP contribution in [0.2, 0.25) is 0 Å². The van der Waals surface area contributed by atoms with Gasteiger partial charge in [0.15, 0.2) is 0 Å². The van der Waals surface area contributed by atoms with E-state index < -0.39 is 5.97 Å². The Hall–Kier alpha value is -2.28. The fourth-order valence-electron chi connectivity index (χ4n) is 1.74. The summed E-state index contributed by atoms with van der Waals surface area (Å²) >= 11 is 1.22. The predicted octanol–water partition coefficient (Wildman–Crippen LogP) is 2.40. The number of carboxylic acids is 1. The van der Waals surface area contributed by atoms with Crippen LogP contribution in [0.25, 0.3) is 0 Å². The molecule has 0 aliphatic carbocycles. The molecule has 110 valence electrons. The third kappa shape index (κ3) is 4.35. The molecule has 7 heteroatoms. The number of benzene rings is 1. The Bertz CT molecular complexity index is 667. The number of carboxylic acid groups (broad SMARTS) is 1. The average Bonchev–Trinajstić information content (AvgIpc) is 2.71. The topological polar surface area (TPSA) is 79.3 Å². The van der Waals surface area contributed by atoms with Crippen LogP contribution in [0.1, 0.15) is 15.6 Å². The van der Waals surface area contributed by atoms with E-state index in [0.29, 0.717) is 21.3 Å². The third-order valence-corrected chi connectivity index (χ3v) is 3.85. The number of amides is 1. The summed E-state index contributed by atoms with van der Waals surface area (Å²) in [5.74, 6) is -1.58. The highest BCUT2D eigenvalue weighted by Gasteiger charge is 2.13. The summed E-state index contributed by atoms with van der Waals surface area (Å²) in [6, 6.07) is 5.45. The number of hydrogen-bond acceptors (Lipinski definition) is 4. The first-order chi connectivity index (χ1) is 9.94. The molecule has 1 heterocycles. The Morgan fingerprint density at radius 3 is 2.57 bits per heavy atom. The van der Waals surface area contributed by atoms with Gasteiger partial charge in [0.1, 0.15) is 10.8 Å². The first-order valence-electron chi connectivity index (χ1n) is 6.16. The van der Waals surface area contributed by atoms with Gasteiger partial charge in [-0.1, -0.05) is 0 Å². The number of aryl methyl sites for hydroxylation is 1. The number of anilines is 1. The number of carbonyl (C=O) groups excluding carboxylic acids is 1. The molecule has 0 bridgehead atoms. The number of nitrogens with one attached hydrogen (secondary N) is 1. The summed E-state index contributed by atoms with van der Waals surface area (Å²) in [5, 5.41) is 12.0. The van der Waals surface area contributed by atoms with E-state index in [0.717, 1.165) is 0 Å². The lowest BCUT2D eigenvalue weighted by atomic mass is 10.3. The van der Waals surface area contributed by atoms with Crippen molar-refractivity contribution in [3.8, 4) is 0 Å². The summed E-state index contributed by atoms with van der Waals surface area (Å²) in [6.45, 7) is 1.72. The van der Waals surface area contributed by atoms with E-state index >= 15 is 0 Å². The number of hydrogen-bond donors (Lipinski definition) is 2. The molecule has 21 heavy (non-hydrogen) atoms. The number of carbonyl (C=O) groups is 2. The van der Waals surface area contributed by atoms with Crippen molar-refractivity contribution in [2.45, 2.75) is 19.8 Å². The predicted molar refractivity (Wildman–Crippen MR) is 76.9 cm³/mol. The molecule has 0 saturated carbocycles. The van der Waals surface area contributed by atoms with Gasteiger partial charge in [0.2, 0.25) is 5.91 Å². The molecular weight excluding hydrogens is 295 g/mol. The molecule has 1 aromatic carbocycles. The van der Waals surface area contributed by atoms with Gasteiger partial charge in [-0.3, -0.25) is 9.59 Å². The Labute approximate surface area is 124 Å². The lowest BCUT2D eigenvalue weighted by molar-refractivity contribution is -0.136. The molecular formula is C14H13FN2O3S. The van der Waals surface area contributed by atoms with E-state index in [4.69, 9.17) is 5.11 Å². The van der Waals surface area contributed by atoms with E-state index in [1.54, 1.807) is 6.92 Å². The molecule has 2 N–H and O–H groups in total. The summed E-state index contributed by atoms with van der Waals surface area (Å²) in [5.41, 5.74) is 1.13. The number of aliphatic carboxylic acids is 1. The average molecular weight is 308 g/mol. The maximum absolute atomic E-state index is 12.8. The Morgan fingerprint density at radius 2 is 1.95 bits per heavy atom.